The summed E-state index contributed by atoms with van der Waals surface area (Å²) in [7, 11) is 4.78. The zero-order valence-corrected chi connectivity index (χ0v) is 28.7. The molecule has 1 aliphatic carbocycles. The largest absolute Gasteiger partial charge is 0.497 e. The van der Waals surface area contributed by atoms with E-state index in [4.69, 9.17) is 42.1 Å². The van der Waals surface area contributed by atoms with Gasteiger partial charge in [0, 0.05) is 61.5 Å². The maximum absolute atomic E-state index is 14.6. The van der Waals surface area contributed by atoms with Crippen molar-refractivity contribution in [1.82, 2.24) is 14.8 Å². The van der Waals surface area contributed by atoms with E-state index >= 15 is 0 Å². The van der Waals surface area contributed by atoms with Crippen molar-refractivity contribution >= 4 is 29.4 Å². The van der Waals surface area contributed by atoms with Crippen molar-refractivity contribution in [3.8, 4) is 17.2 Å². The van der Waals surface area contributed by atoms with Crippen LogP contribution in [0.25, 0.3) is 0 Å². The third-order valence-electron chi connectivity index (χ3n) is 9.43. The number of methoxy groups -OCH3 is 2. The topological polar surface area (TPSA) is 150 Å². The van der Waals surface area contributed by atoms with E-state index in [0.717, 1.165) is 30.4 Å². The number of ether oxygens (including phenoxy) is 4. The fourth-order valence-corrected chi connectivity index (χ4v) is 7.33. The summed E-state index contributed by atoms with van der Waals surface area (Å²) < 4.78 is 22.8. The number of halogens is 1. The van der Waals surface area contributed by atoms with Gasteiger partial charge in [-0.05, 0) is 55.5 Å². The first-order valence-electron chi connectivity index (χ1n) is 16.4. The number of nitrogens with zero attached hydrogens (tertiary/aromatic N) is 3. The molecule has 13 heteroatoms. The van der Waals surface area contributed by atoms with E-state index < -0.39 is 23.8 Å². The Morgan fingerprint density at radius 2 is 1.79 bits per heavy atom. The van der Waals surface area contributed by atoms with Crippen LogP contribution in [0.2, 0.25) is 5.02 Å². The van der Waals surface area contributed by atoms with Crippen LogP contribution in [0.3, 0.4) is 0 Å². The van der Waals surface area contributed by atoms with Gasteiger partial charge in [-0.3, -0.25) is 14.4 Å². The second-order valence-electron chi connectivity index (χ2n) is 12.6. The highest BCUT2D eigenvalue weighted by Crippen LogP contribution is 2.43. The summed E-state index contributed by atoms with van der Waals surface area (Å²) in [4.78, 5) is 44.8. The average Bonchev–Trinajstić information content (AvgIpc) is 3.49. The van der Waals surface area contributed by atoms with E-state index in [-0.39, 0.29) is 25.0 Å². The molecule has 1 saturated carbocycles. The lowest BCUT2D eigenvalue weighted by molar-refractivity contribution is -0.159. The summed E-state index contributed by atoms with van der Waals surface area (Å²) in [5.74, 6) is 5.79. The zero-order valence-electron chi connectivity index (χ0n) is 27.9. The van der Waals surface area contributed by atoms with Crippen molar-refractivity contribution in [3.05, 3.63) is 63.9 Å². The molecule has 5 rings (SSSR count). The van der Waals surface area contributed by atoms with Crippen LogP contribution >= 0.6 is 11.6 Å². The maximum atomic E-state index is 14.6. The predicted octanol–water partition coefficient (Wildman–Crippen LogP) is 3.94. The van der Waals surface area contributed by atoms with Gasteiger partial charge in [-0.15, -0.1) is 0 Å². The van der Waals surface area contributed by atoms with Crippen molar-refractivity contribution in [3.63, 3.8) is 0 Å². The first kappa shape index (κ1) is 35.2. The summed E-state index contributed by atoms with van der Waals surface area (Å²) >= 11 is 6.74. The Morgan fingerprint density at radius 3 is 2.48 bits per heavy atom. The van der Waals surface area contributed by atoms with Gasteiger partial charge in [0.2, 0.25) is 11.8 Å². The molecule has 0 unspecified atom stereocenters. The first-order chi connectivity index (χ1) is 23.1. The number of likely N-dealkylation sites (tertiary alicyclic amines) is 1. The molecule has 2 aromatic rings. The Morgan fingerprint density at radius 1 is 1.02 bits per heavy atom. The molecule has 2 aliphatic heterocycles. The Labute approximate surface area is 286 Å². The molecule has 48 heavy (non-hydrogen) atoms. The molecule has 260 valence electrons. The van der Waals surface area contributed by atoms with Gasteiger partial charge in [0.15, 0.2) is 0 Å². The Balaban J connectivity index is 1.41. The first-order valence-corrected chi connectivity index (χ1v) is 16.8. The summed E-state index contributed by atoms with van der Waals surface area (Å²) in [5, 5.41) is 1.91. The number of nitrogens with two attached hydrogens (primary N) is 2. The molecule has 1 saturated heterocycles. The number of carbonyl (C=O) groups is 3. The minimum Gasteiger partial charge on any atom is -0.497 e. The van der Waals surface area contributed by atoms with Crippen LogP contribution in [-0.4, -0.2) is 80.1 Å². The van der Waals surface area contributed by atoms with Gasteiger partial charge in [0.1, 0.15) is 30.5 Å². The lowest BCUT2D eigenvalue weighted by atomic mass is 9.77. The van der Waals surface area contributed by atoms with Crippen molar-refractivity contribution in [2.45, 2.75) is 57.6 Å². The van der Waals surface area contributed by atoms with Crippen molar-refractivity contribution < 1.29 is 33.3 Å². The van der Waals surface area contributed by atoms with Gasteiger partial charge >= 0.3 is 5.97 Å². The van der Waals surface area contributed by atoms with Gasteiger partial charge in [0.05, 0.1) is 37.8 Å². The molecule has 0 bridgehead atoms. The molecule has 0 aromatic heterocycles. The summed E-state index contributed by atoms with van der Waals surface area (Å²) in [6.45, 7) is 1.37. The number of hydrogen-bond donors (Lipinski definition) is 2. The van der Waals surface area contributed by atoms with Gasteiger partial charge in [0.25, 0.3) is 0 Å². The van der Waals surface area contributed by atoms with E-state index in [2.05, 4.69) is 0 Å². The summed E-state index contributed by atoms with van der Waals surface area (Å²) in [5.41, 5.74) is 8.89. The smallest absolute Gasteiger partial charge is 0.310 e. The van der Waals surface area contributed by atoms with E-state index in [1.807, 2.05) is 4.90 Å². The lowest BCUT2D eigenvalue weighted by Crippen LogP contribution is -2.50. The van der Waals surface area contributed by atoms with E-state index in [0.29, 0.717) is 78.8 Å². The molecule has 12 nitrogen and oxygen atoms in total. The number of rotatable bonds is 12. The molecule has 3 atom stereocenters. The summed E-state index contributed by atoms with van der Waals surface area (Å²) in [6.07, 6.45) is 6.05. The molecule has 0 radical (unpaired) electrons. The number of fused-ring (bicyclic) bond motifs is 1. The molecule has 3 aliphatic rings. The number of amides is 2. The van der Waals surface area contributed by atoms with Crippen molar-refractivity contribution in [1.29, 1.82) is 0 Å². The second-order valence-corrected chi connectivity index (χ2v) is 13.0. The van der Waals surface area contributed by atoms with Crippen molar-refractivity contribution in [2.24, 2.45) is 23.4 Å². The van der Waals surface area contributed by atoms with Gasteiger partial charge in [-0.1, -0.05) is 24.4 Å². The van der Waals surface area contributed by atoms with Gasteiger partial charge in [-0.25, -0.2) is 5.84 Å². The molecule has 2 amide bonds. The van der Waals surface area contributed by atoms with E-state index in [9.17, 15) is 14.4 Å². The molecule has 4 N–H and O–H groups in total. The number of benzene rings is 2. The van der Waals surface area contributed by atoms with Gasteiger partial charge in [-0.2, -0.15) is 0 Å². The zero-order chi connectivity index (χ0) is 34.4. The fraction of sp³-hybridized carbons (Fsp3) is 0.514. The quantitative estimate of drug-likeness (QED) is 0.191. The third kappa shape index (κ3) is 7.92. The van der Waals surface area contributed by atoms with Crippen LogP contribution in [0.15, 0.2) is 42.2 Å². The second kappa shape index (κ2) is 15.8. The number of carbonyl (C=O) groups excluding carboxylic acids is 3. The standard InChI is InChI=1S/C35H46ClN5O7/c1-39(38)18-23(37)21-47-30-13-12-28(36)27-14-16-41(29(33(27)30)19-40-15-6-9-32(40)42)34(43)25-7-4-5-8-26(25)35(44)48-20-22-10-11-24(45-2)17-31(22)46-3/h10-13,17-18,25-26,29H,4-9,14-16,19-21,37-38H2,1-3H3/b23-18-/t25-,26+,29-/m1/s1. The normalized spacial score (nSPS) is 21.1. The van der Waals surface area contributed by atoms with E-state index in [1.54, 1.807) is 62.7 Å². The van der Waals surface area contributed by atoms with Crippen LogP contribution < -0.4 is 25.8 Å². The average molecular weight is 684 g/mol. The predicted molar refractivity (Wildman–Crippen MR) is 180 cm³/mol. The van der Waals surface area contributed by atoms with Crippen molar-refractivity contribution in [2.75, 3.05) is 47.5 Å². The highest BCUT2D eigenvalue weighted by atomic mass is 35.5. The van der Waals surface area contributed by atoms with E-state index in [1.165, 1.54) is 5.01 Å². The Hall–Kier alpha value is -4.16. The Bertz CT molecular complexity index is 1530. The molecule has 2 aromatic carbocycles. The van der Waals surface area contributed by atoms with Crippen LogP contribution in [-0.2, 0) is 32.1 Å². The fourth-order valence-electron chi connectivity index (χ4n) is 7.07. The lowest BCUT2D eigenvalue weighted by Gasteiger charge is -2.43. The number of hydrazine groups is 1. The number of hydrogen-bond acceptors (Lipinski definition) is 10. The Kier molecular flexibility index (Phi) is 11.6. The van der Waals surface area contributed by atoms with Gasteiger partial charge < -0.3 is 39.5 Å². The molecular formula is C35H46ClN5O7. The van der Waals surface area contributed by atoms with Crippen LogP contribution in [0.4, 0.5) is 0 Å². The minimum absolute atomic E-state index is 0.0108. The monoisotopic (exact) mass is 683 g/mol. The molecular weight excluding hydrogens is 638 g/mol. The third-order valence-corrected chi connectivity index (χ3v) is 9.79. The SMILES string of the molecule is COc1ccc(COC(=O)[C@H]2CCCC[C@H]2C(=O)N2CCc3c(Cl)ccc(OC/C(N)=C/N(C)N)c3[C@H]2CN2CCCC2=O)c(OC)c1. The maximum Gasteiger partial charge on any atom is 0.310 e. The van der Waals surface area contributed by atoms with Crippen LogP contribution in [0.5, 0.6) is 17.2 Å². The van der Waals surface area contributed by atoms with Crippen LogP contribution in [0.1, 0.15) is 61.3 Å². The highest BCUT2D eigenvalue weighted by molar-refractivity contribution is 6.31. The summed E-state index contributed by atoms with van der Waals surface area (Å²) in [6, 6.07) is 8.35. The molecule has 0 spiro atoms. The number of esters is 1. The molecule has 2 fully saturated rings. The minimum atomic E-state index is -0.598. The van der Waals surface area contributed by atoms with Crippen LogP contribution in [0, 0.1) is 11.8 Å². The highest BCUT2D eigenvalue weighted by Gasteiger charge is 2.44. The molecule has 2 heterocycles.